The van der Waals surface area contributed by atoms with E-state index in [0.29, 0.717) is 16.8 Å². The molecule has 1 saturated carbocycles. The summed E-state index contributed by atoms with van der Waals surface area (Å²) in [5, 5.41) is 4.88. The van der Waals surface area contributed by atoms with Crippen LogP contribution in [-0.4, -0.2) is 45.7 Å². The number of imide groups is 1. The Labute approximate surface area is 188 Å². The van der Waals surface area contributed by atoms with Gasteiger partial charge in [0.2, 0.25) is 17.7 Å². The highest BCUT2D eigenvalue weighted by molar-refractivity contribution is 6.07. The van der Waals surface area contributed by atoms with Gasteiger partial charge in [0.25, 0.3) is 11.8 Å². The van der Waals surface area contributed by atoms with Gasteiger partial charge in [-0.2, -0.15) is 0 Å². The minimum absolute atomic E-state index is 0.0467. The van der Waals surface area contributed by atoms with Crippen molar-refractivity contribution < 1.29 is 28.3 Å². The highest BCUT2D eigenvalue weighted by Crippen LogP contribution is 2.30. The number of benzene rings is 1. The van der Waals surface area contributed by atoms with E-state index in [-0.39, 0.29) is 48.7 Å². The number of amides is 4. The number of ether oxygens (including phenoxy) is 1. The molecule has 2 N–H and O–H groups in total. The summed E-state index contributed by atoms with van der Waals surface area (Å²) in [6, 6.07) is 5.11. The Hall–Kier alpha value is -3.82. The zero-order valence-corrected chi connectivity index (χ0v) is 17.6. The number of nitrogens with zero attached hydrogens (tertiary/aromatic N) is 2. The summed E-state index contributed by atoms with van der Waals surface area (Å²) in [6.07, 6.45) is 4.51. The lowest BCUT2D eigenvalue weighted by molar-refractivity contribution is -0.136. The van der Waals surface area contributed by atoms with E-state index in [9.17, 15) is 23.6 Å². The van der Waals surface area contributed by atoms with E-state index in [1.54, 1.807) is 18.2 Å². The van der Waals surface area contributed by atoms with Crippen LogP contribution in [0.1, 0.15) is 58.4 Å². The molecule has 0 radical (unpaired) electrons. The predicted molar refractivity (Wildman–Crippen MR) is 113 cm³/mol. The van der Waals surface area contributed by atoms with Gasteiger partial charge in [-0.3, -0.25) is 24.5 Å². The smallest absolute Gasteiger partial charge is 0.260 e. The third kappa shape index (κ3) is 4.04. The molecule has 3 aliphatic rings. The largest absolute Gasteiger partial charge is 0.474 e. The molecule has 2 aromatic rings. The molecule has 3 heterocycles. The Morgan fingerprint density at radius 1 is 1.18 bits per heavy atom. The number of halogens is 1. The van der Waals surface area contributed by atoms with Crippen molar-refractivity contribution >= 4 is 29.3 Å². The van der Waals surface area contributed by atoms with Crippen LogP contribution in [0.5, 0.6) is 5.88 Å². The summed E-state index contributed by atoms with van der Waals surface area (Å²) in [5.74, 6) is -2.42. The van der Waals surface area contributed by atoms with E-state index >= 15 is 0 Å². The van der Waals surface area contributed by atoms with Crippen LogP contribution < -0.4 is 15.4 Å². The van der Waals surface area contributed by atoms with Gasteiger partial charge in [-0.1, -0.05) is 0 Å². The van der Waals surface area contributed by atoms with Crippen LogP contribution in [0.2, 0.25) is 0 Å². The number of nitrogens with one attached hydrogen (secondary N) is 2. The second kappa shape index (κ2) is 8.27. The van der Waals surface area contributed by atoms with Gasteiger partial charge in [-0.05, 0) is 49.4 Å². The number of rotatable bonds is 5. The maximum absolute atomic E-state index is 14.5. The van der Waals surface area contributed by atoms with Crippen LogP contribution in [0.15, 0.2) is 30.5 Å². The monoisotopic (exact) mass is 452 g/mol. The number of pyridine rings is 1. The lowest BCUT2D eigenvalue weighted by atomic mass is 9.96. The van der Waals surface area contributed by atoms with E-state index in [4.69, 9.17) is 4.74 Å². The topological polar surface area (TPSA) is 118 Å². The number of hydrogen-bond donors (Lipinski definition) is 2. The number of hydrogen-bond acceptors (Lipinski definition) is 6. The molecule has 33 heavy (non-hydrogen) atoms. The molecule has 1 aromatic heterocycles. The van der Waals surface area contributed by atoms with Crippen molar-refractivity contribution in [1.82, 2.24) is 15.2 Å². The molecule has 1 aliphatic carbocycles. The fourth-order valence-electron chi connectivity index (χ4n) is 4.15. The van der Waals surface area contributed by atoms with Gasteiger partial charge in [0.15, 0.2) is 0 Å². The average molecular weight is 452 g/mol. The van der Waals surface area contributed by atoms with Crippen molar-refractivity contribution in [2.75, 3.05) is 5.32 Å². The number of fused-ring (bicyclic) bond motifs is 1. The van der Waals surface area contributed by atoms with Gasteiger partial charge in [0.05, 0.1) is 5.56 Å². The lowest BCUT2D eigenvalue weighted by Crippen LogP contribution is -2.52. The van der Waals surface area contributed by atoms with Crippen LogP contribution in [0, 0.1) is 5.82 Å². The summed E-state index contributed by atoms with van der Waals surface area (Å²) in [7, 11) is 0. The quantitative estimate of drug-likeness (QED) is 0.672. The first-order valence-electron chi connectivity index (χ1n) is 10.8. The summed E-state index contributed by atoms with van der Waals surface area (Å²) >= 11 is 0. The molecule has 2 fully saturated rings. The number of aromatic nitrogens is 1. The Balaban J connectivity index is 1.28. The van der Waals surface area contributed by atoms with Gasteiger partial charge in [0.1, 0.15) is 18.0 Å². The lowest BCUT2D eigenvalue weighted by Gasteiger charge is -2.29. The van der Waals surface area contributed by atoms with Crippen LogP contribution in [0.4, 0.5) is 10.1 Å². The third-order valence-electron chi connectivity index (χ3n) is 6.19. The minimum Gasteiger partial charge on any atom is -0.474 e. The van der Waals surface area contributed by atoms with Crippen molar-refractivity contribution in [2.24, 2.45) is 0 Å². The van der Waals surface area contributed by atoms with E-state index in [2.05, 4.69) is 15.6 Å². The van der Waals surface area contributed by atoms with E-state index in [0.717, 1.165) is 31.5 Å². The molecule has 170 valence electrons. The number of anilines is 1. The average Bonchev–Trinajstić information content (AvgIpc) is 3.06. The molecule has 1 unspecified atom stereocenters. The van der Waals surface area contributed by atoms with Gasteiger partial charge >= 0.3 is 0 Å². The van der Waals surface area contributed by atoms with Crippen molar-refractivity contribution in [2.45, 2.75) is 50.8 Å². The van der Waals surface area contributed by atoms with Crippen molar-refractivity contribution in [3.63, 3.8) is 0 Å². The molecule has 1 atom stereocenters. The standard InChI is InChI=1S/C23H21FN4O5/c24-17-9-20(33-14-2-1-3-14)25-10-16(17)21(30)26-13-4-5-15-12(8-13)11-28(23(15)32)18-6-7-19(29)27-22(18)31/h4-5,8-10,14,18H,1-3,6-7,11H2,(H,26,30)(H,27,29,31). The Morgan fingerprint density at radius 3 is 2.70 bits per heavy atom. The van der Waals surface area contributed by atoms with E-state index in [1.165, 1.54) is 4.90 Å². The first kappa shape index (κ1) is 21.0. The molecule has 0 bridgehead atoms. The maximum atomic E-state index is 14.5. The van der Waals surface area contributed by atoms with Gasteiger partial charge in [-0.15, -0.1) is 0 Å². The molecule has 9 nitrogen and oxygen atoms in total. The molecule has 5 rings (SSSR count). The molecule has 4 amide bonds. The normalized spacial score (nSPS) is 20.2. The predicted octanol–water partition coefficient (Wildman–Crippen LogP) is 2.17. The SMILES string of the molecule is O=C1CCC(N2Cc3cc(NC(=O)c4cnc(OC5CCC5)cc4F)ccc3C2=O)C(=O)N1. The van der Waals surface area contributed by atoms with Crippen LogP contribution >= 0.6 is 0 Å². The highest BCUT2D eigenvalue weighted by atomic mass is 19.1. The summed E-state index contributed by atoms with van der Waals surface area (Å²) < 4.78 is 20.0. The summed E-state index contributed by atoms with van der Waals surface area (Å²) in [4.78, 5) is 54.4. The summed E-state index contributed by atoms with van der Waals surface area (Å²) in [5.41, 5.74) is 1.21. The zero-order chi connectivity index (χ0) is 23.1. The second-order valence-corrected chi connectivity index (χ2v) is 8.40. The van der Waals surface area contributed by atoms with Crippen LogP contribution in [-0.2, 0) is 16.1 Å². The second-order valence-electron chi connectivity index (χ2n) is 8.40. The Kier molecular flexibility index (Phi) is 5.27. The highest BCUT2D eigenvalue weighted by Gasteiger charge is 2.39. The van der Waals surface area contributed by atoms with Gasteiger partial charge in [0, 0.05) is 36.5 Å². The Bertz CT molecular complexity index is 1180. The maximum Gasteiger partial charge on any atom is 0.260 e. The Morgan fingerprint density at radius 2 is 2.00 bits per heavy atom. The number of carbonyl (C=O) groups is 4. The van der Waals surface area contributed by atoms with E-state index in [1.807, 2.05) is 0 Å². The molecule has 1 saturated heterocycles. The summed E-state index contributed by atoms with van der Waals surface area (Å²) in [6.45, 7) is 0.174. The number of carbonyl (C=O) groups excluding carboxylic acids is 4. The third-order valence-corrected chi connectivity index (χ3v) is 6.19. The van der Waals surface area contributed by atoms with Crippen molar-refractivity contribution in [1.29, 1.82) is 0 Å². The van der Waals surface area contributed by atoms with E-state index < -0.39 is 23.7 Å². The molecular weight excluding hydrogens is 431 g/mol. The first-order valence-corrected chi connectivity index (χ1v) is 10.8. The zero-order valence-electron chi connectivity index (χ0n) is 17.6. The van der Waals surface area contributed by atoms with Gasteiger partial charge < -0.3 is 15.0 Å². The van der Waals surface area contributed by atoms with Crippen molar-refractivity contribution in [3.8, 4) is 5.88 Å². The molecule has 2 aliphatic heterocycles. The molecule has 0 spiro atoms. The number of piperidine rings is 1. The fourth-order valence-corrected chi connectivity index (χ4v) is 4.15. The first-order chi connectivity index (χ1) is 15.9. The van der Waals surface area contributed by atoms with Crippen LogP contribution in [0.25, 0.3) is 0 Å². The van der Waals surface area contributed by atoms with Crippen LogP contribution in [0.3, 0.4) is 0 Å². The molecule has 1 aromatic carbocycles. The van der Waals surface area contributed by atoms with Gasteiger partial charge in [-0.25, -0.2) is 9.37 Å². The molecular formula is C23H21FN4O5. The van der Waals surface area contributed by atoms with Crippen molar-refractivity contribution in [3.05, 3.63) is 53.0 Å². The molecule has 10 heteroatoms. The fraction of sp³-hybridized carbons (Fsp3) is 0.348. The minimum atomic E-state index is -0.739.